The number of halogens is 1. The molecule has 0 spiro atoms. The van der Waals surface area contributed by atoms with Gasteiger partial charge in [0.15, 0.2) is 0 Å². The average Bonchev–Trinajstić information content (AvgIpc) is 1.86. The van der Waals surface area contributed by atoms with Crippen LogP contribution in [-0.2, 0) is 0 Å². The van der Waals surface area contributed by atoms with Crippen LogP contribution < -0.4 is 0 Å². The van der Waals surface area contributed by atoms with E-state index in [4.69, 9.17) is 0 Å². The van der Waals surface area contributed by atoms with Crippen LogP contribution in [0.3, 0.4) is 0 Å². The van der Waals surface area contributed by atoms with E-state index >= 15 is 0 Å². The minimum Gasteiger partial charge on any atom is -0.386 e. The molecule has 1 unspecified atom stereocenters. The van der Waals surface area contributed by atoms with Gasteiger partial charge in [-0.25, -0.2) is 0 Å². The highest BCUT2D eigenvalue weighted by Crippen LogP contribution is 2.21. The Morgan fingerprint density at radius 3 is 2.50 bits per heavy atom. The fraction of sp³-hybridized carbons (Fsp3) is 0.750. The van der Waals surface area contributed by atoms with E-state index in [1.807, 2.05) is 13.8 Å². The zero-order valence-electron chi connectivity index (χ0n) is 6.76. The van der Waals surface area contributed by atoms with Crippen molar-refractivity contribution in [2.75, 3.05) is 0 Å². The zero-order chi connectivity index (χ0) is 8.20. The summed E-state index contributed by atoms with van der Waals surface area (Å²) in [5, 5.41) is 9.67. The fourth-order valence-electron chi connectivity index (χ4n) is 0.705. The lowest BCUT2D eigenvalue weighted by Gasteiger charge is -2.25. The molecule has 2 heteroatoms. The van der Waals surface area contributed by atoms with Crippen molar-refractivity contribution < 1.29 is 5.11 Å². The number of rotatable bonds is 3. The predicted molar refractivity (Wildman–Crippen MR) is 48.1 cm³/mol. The molecule has 1 nitrogen and oxygen atoms in total. The van der Waals surface area contributed by atoms with E-state index in [1.54, 1.807) is 11.1 Å². The van der Waals surface area contributed by atoms with Crippen molar-refractivity contribution in [3.63, 3.8) is 0 Å². The Morgan fingerprint density at radius 1 is 1.70 bits per heavy atom. The normalized spacial score (nSPS) is 20.9. The van der Waals surface area contributed by atoms with Crippen molar-refractivity contribution in [1.29, 1.82) is 0 Å². The van der Waals surface area contributed by atoms with E-state index in [0.29, 0.717) is 5.92 Å². The van der Waals surface area contributed by atoms with Crippen LogP contribution in [0.15, 0.2) is 11.1 Å². The topological polar surface area (TPSA) is 20.2 Å². The predicted octanol–water partition coefficient (Wildman–Crippen LogP) is 2.69. The largest absolute Gasteiger partial charge is 0.386 e. The zero-order valence-corrected chi connectivity index (χ0v) is 8.35. The Labute approximate surface area is 71.3 Å². The van der Waals surface area contributed by atoms with Gasteiger partial charge in [0.05, 0.1) is 5.60 Å². The van der Waals surface area contributed by atoms with Gasteiger partial charge in [0.1, 0.15) is 0 Å². The standard InChI is InChI=1S/C8H15BrO/c1-4-7(2)8(3,10)5-6-9/h5-7,10H,4H2,1-3H3/b6-5+/t7-,8?/m1/s1. The Morgan fingerprint density at radius 2 is 2.20 bits per heavy atom. The van der Waals surface area contributed by atoms with Crippen LogP contribution in [0.5, 0.6) is 0 Å². The first-order valence-corrected chi connectivity index (χ1v) is 4.46. The van der Waals surface area contributed by atoms with Gasteiger partial charge in [0, 0.05) is 0 Å². The monoisotopic (exact) mass is 206 g/mol. The van der Waals surface area contributed by atoms with E-state index in [9.17, 15) is 5.11 Å². The van der Waals surface area contributed by atoms with E-state index in [0.717, 1.165) is 6.42 Å². The molecule has 0 aliphatic carbocycles. The van der Waals surface area contributed by atoms with Gasteiger partial charge in [-0.05, 0) is 23.9 Å². The van der Waals surface area contributed by atoms with Crippen molar-refractivity contribution >= 4 is 15.9 Å². The summed E-state index contributed by atoms with van der Waals surface area (Å²) in [5.74, 6) is 0.307. The minimum atomic E-state index is -0.668. The molecule has 1 N–H and O–H groups in total. The first-order valence-electron chi connectivity index (χ1n) is 3.55. The van der Waals surface area contributed by atoms with Crippen molar-refractivity contribution in [3.05, 3.63) is 11.1 Å². The molecule has 10 heavy (non-hydrogen) atoms. The molecular formula is C8H15BrO. The van der Waals surface area contributed by atoms with Crippen LogP contribution >= 0.6 is 15.9 Å². The third-order valence-electron chi connectivity index (χ3n) is 2.01. The molecule has 0 amide bonds. The van der Waals surface area contributed by atoms with Crippen molar-refractivity contribution in [2.45, 2.75) is 32.8 Å². The molecule has 0 rings (SSSR count). The molecule has 0 radical (unpaired) electrons. The molecule has 0 fully saturated rings. The summed E-state index contributed by atoms with van der Waals surface area (Å²) in [4.78, 5) is 1.71. The summed E-state index contributed by atoms with van der Waals surface area (Å²) in [5.41, 5.74) is -0.668. The SMILES string of the molecule is CC[C@@H](C)C(C)(O)/C=C/Br. The van der Waals surface area contributed by atoms with Crippen molar-refractivity contribution in [1.82, 2.24) is 0 Å². The Balaban J connectivity index is 4.09. The molecule has 0 saturated carbocycles. The van der Waals surface area contributed by atoms with Crippen LogP contribution in [0.2, 0.25) is 0 Å². The van der Waals surface area contributed by atoms with Crippen molar-refractivity contribution in [3.8, 4) is 0 Å². The fourth-order valence-corrected chi connectivity index (χ4v) is 1.24. The minimum absolute atomic E-state index is 0.307. The summed E-state index contributed by atoms with van der Waals surface area (Å²) >= 11 is 3.14. The highest BCUT2D eigenvalue weighted by Gasteiger charge is 2.22. The van der Waals surface area contributed by atoms with Gasteiger partial charge >= 0.3 is 0 Å². The van der Waals surface area contributed by atoms with Gasteiger partial charge in [-0.15, -0.1) is 0 Å². The summed E-state index contributed by atoms with van der Waals surface area (Å²) in [7, 11) is 0. The highest BCUT2D eigenvalue weighted by molar-refractivity contribution is 9.11. The van der Waals surface area contributed by atoms with Gasteiger partial charge in [-0.2, -0.15) is 0 Å². The second kappa shape index (κ2) is 4.14. The van der Waals surface area contributed by atoms with E-state index in [1.165, 1.54) is 0 Å². The molecule has 0 aliphatic heterocycles. The quantitative estimate of drug-likeness (QED) is 0.754. The highest BCUT2D eigenvalue weighted by atomic mass is 79.9. The van der Waals surface area contributed by atoms with Crippen LogP contribution in [0.1, 0.15) is 27.2 Å². The van der Waals surface area contributed by atoms with Gasteiger partial charge in [0.25, 0.3) is 0 Å². The molecule has 0 bridgehead atoms. The molecule has 0 aromatic carbocycles. The summed E-state index contributed by atoms with van der Waals surface area (Å²) in [6, 6.07) is 0. The summed E-state index contributed by atoms with van der Waals surface area (Å²) in [6.45, 7) is 5.92. The lowest BCUT2D eigenvalue weighted by molar-refractivity contribution is 0.0529. The van der Waals surface area contributed by atoms with Gasteiger partial charge in [0.2, 0.25) is 0 Å². The molecule has 0 aliphatic rings. The summed E-state index contributed by atoms with van der Waals surface area (Å²) in [6.07, 6.45) is 2.76. The van der Waals surface area contributed by atoms with Crippen LogP contribution in [0.4, 0.5) is 0 Å². The van der Waals surface area contributed by atoms with Crippen LogP contribution in [0.25, 0.3) is 0 Å². The lowest BCUT2D eigenvalue weighted by atomic mass is 9.89. The molecule has 0 aromatic rings. The molecule has 0 saturated heterocycles. The molecule has 60 valence electrons. The molecular weight excluding hydrogens is 192 g/mol. The molecule has 2 atom stereocenters. The Kier molecular flexibility index (Phi) is 4.22. The van der Waals surface area contributed by atoms with Gasteiger partial charge in [-0.3, -0.25) is 0 Å². The maximum Gasteiger partial charge on any atom is 0.0832 e. The second-order valence-electron chi connectivity index (χ2n) is 2.83. The van der Waals surface area contributed by atoms with Gasteiger partial charge in [-0.1, -0.05) is 36.2 Å². The average molecular weight is 207 g/mol. The second-order valence-corrected chi connectivity index (χ2v) is 3.36. The Bertz CT molecular complexity index is 118. The number of hydrogen-bond donors (Lipinski definition) is 1. The van der Waals surface area contributed by atoms with Crippen molar-refractivity contribution in [2.24, 2.45) is 5.92 Å². The van der Waals surface area contributed by atoms with E-state index in [-0.39, 0.29) is 0 Å². The number of hydrogen-bond acceptors (Lipinski definition) is 1. The third kappa shape index (κ3) is 2.84. The van der Waals surface area contributed by atoms with Gasteiger partial charge < -0.3 is 5.11 Å². The van der Waals surface area contributed by atoms with E-state index < -0.39 is 5.60 Å². The van der Waals surface area contributed by atoms with Crippen LogP contribution in [-0.4, -0.2) is 10.7 Å². The third-order valence-corrected chi connectivity index (χ3v) is 2.27. The first kappa shape index (κ1) is 10.2. The molecule has 0 heterocycles. The maximum absolute atomic E-state index is 9.67. The lowest BCUT2D eigenvalue weighted by Crippen LogP contribution is -2.29. The van der Waals surface area contributed by atoms with E-state index in [2.05, 4.69) is 22.9 Å². The van der Waals surface area contributed by atoms with Crippen LogP contribution in [0, 0.1) is 5.92 Å². The summed E-state index contributed by atoms with van der Waals surface area (Å²) < 4.78 is 0. The maximum atomic E-state index is 9.67. The molecule has 0 aromatic heterocycles. The first-order chi connectivity index (χ1) is 4.54. The smallest absolute Gasteiger partial charge is 0.0832 e. The Hall–Kier alpha value is 0.180. The number of aliphatic hydroxyl groups is 1.